The number of aryl methyl sites for hydroxylation is 1. The van der Waals surface area contributed by atoms with E-state index in [4.69, 9.17) is 5.73 Å². The first-order valence-electron chi connectivity index (χ1n) is 8.57. The van der Waals surface area contributed by atoms with Crippen molar-refractivity contribution in [3.63, 3.8) is 0 Å². The molecule has 2 amide bonds. The van der Waals surface area contributed by atoms with Crippen molar-refractivity contribution in [1.29, 1.82) is 0 Å². The molecule has 0 unspecified atom stereocenters. The Morgan fingerprint density at radius 1 is 0.962 bits per heavy atom. The number of nitrogen functional groups attached to an aromatic ring is 1. The number of amides is 2. The average molecular weight is 376 g/mol. The molecule has 0 saturated carbocycles. The van der Waals surface area contributed by atoms with Crippen molar-refractivity contribution in [3.8, 4) is 0 Å². The van der Waals surface area contributed by atoms with Crippen LogP contribution in [0.2, 0.25) is 0 Å². The molecule has 2 rings (SSSR count). The molecule has 0 atom stereocenters. The Morgan fingerprint density at radius 3 is 2.31 bits per heavy atom. The zero-order chi connectivity index (χ0) is 18.1. The minimum Gasteiger partial charge on any atom is -0.399 e. The van der Waals surface area contributed by atoms with Gasteiger partial charge in [-0.25, -0.2) is 0 Å². The van der Waals surface area contributed by atoms with Crippen LogP contribution in [0.15, 0.2) is 48.5 Å². The van der Waals surface area contributed by atoms with E-state index in [2.05, 4.69) is 10.6 Å². The number of rotatable bonds is 8. The molecule has 0 aliphatic heterocycles. The molecule has 0 fully saturated rings. The van der Waals surface area contributed by atoms with E-state index in [1.807, 2.05) is 55.5 Å². The van der Waals surface area contributed by atoms with Crippen LogP contribution in [0.4, 0.5) is 11.4 Å². The van der Waals surface area contributed by atoms with Crippen LogP contribution in [-0.4, -0.2) is 11.8 Å². The van der Waals surface area contributed by atoms with Gasteiger partial charge < -0.3 is 16.4 Å². The Balaban J connectivity index is 0.00000338. The molecule has 0 heterocycles. The number of carbonyl (C=O) groups is 2. The number of nitrogens with one attached hydrogen (secondary N) is 2. The first kappa shape index (κ1) is 21.5. The van der Waals surface area contributed by atoms with E-state index < -0.39 is 0 Å². The maximum Gasteiger partial charge on any atom is 0.224 e. The summed E-state index contributed by atoms with van der Waals surface area (Å²) in [5.74, 6) is 0.00677. The van der Waals surface area contributed by atoms with Gasteiger partial charge in [0.1, 0.15) is 0 Å². The molecular weight excluding hydrogens is 350 g/mol. The molecule has 0 aliphatic carbocycles. The topological polar surface area (TPSA) is 84.2 Å². The Hall–Kier alpha value is -2.53. The van der Waals surface area contributed by atoms with Crippen molar-refractivity contribution in [1.82, 2.24) is 5.32 Å². The molecule has 0 radical (unpaired) electrons. The molecule has 0 bridgehead atoms. The van der Waals surface area contributed by atoms with Crippen LogP contribution in [0, 0.1) is 0 Å². The van der Waals surface area contributed by atoms with E-state index in [1.54, 1.807) is 0 Å². The largest absolute Gasteiger partial charge is 0.399 e. The lowest BCUT2D eigenvalue weighted by Gasteiger charge is -2.08. The van der Waals surface area contributed by atoms with Gasteiger partial charge in [0.05, 0.1) is 0 Å². The Morgan fingerprint density at radius 2 is 1.65 bits per heavy atom. The predicted molar refractivity (Wildman–Crippen MR) is 108 cm³/mol. The number of benzene rings is 2. The highest BCUT2D eigenvalue weighted by atomic mass is 35.5. The Bertz CT molecular complexity index is 717. The summed E-state index contributed by atoms with van der Waals surface area (Å²) in [5.41, 5.74) is 9.35. The van der Waals surface area contributed by atoms with Crippen LogP contribution >= 0.6 is 12.4 Å². The van der Waals surface area contributed by atoms with E-state index >= 15 is 0 Å². The van der Waals surface area contributed by atoms with Gasteiger partial charge in [-0.1, -0.05) is 37.3 Å². The van der Waals surface area contributed by atoms with Crippen LogP contribution in [0.5, 0.6) is 0 Å². The van der Waals surface area contributed by atoms with Gasteiger partial charge in [-0.2, -0.15) is 0 Å². The standard InChI is InChI=1S/C20H25N3O2.ClH/c1-2-5-20(25)23-17-11-8-15(9-12-17)14-22-19(24)13-10-16-6-3-4-7-18(16)21;/h3-4,6-9,11-12H,2,5,10,13-14,21H2,1H3,(H,22,24)(H,23,25);1H. The fourth-order valence-corrected chi connectivity index (χ4v) is 2.46. The molecule has 5 nitrogen and oxygen atoms in total. The van der Waals surface area contributed by atoms with Gasteiger partial charge >= 0.3 is 0 Å². The van der Waals surface area contributed by atoms with Crippen LogP contribution in [-0.2, 0) is 22.6 Å². The molecule has 0 saturated heterocycles. The summed E-state index contributed by atoms with van der Waals surface area (Å²) in [6.45, 7) is 2.43. The molecule has 0 aliphatic rings. The van der Waals surface area contributed by atoms with E-state index in [9.17, 15) is 9.59 Å². The lowest BCUT2D eigenvalue weighted by atomic mass is 10.1. The number of halogens is 1. The van der Waals surface area contributed by atoms with Crippen molar-refractivity contribution in [2.24, 2.45) is 0 Å². The number of nitrogens with two attached hydrogens (primary N) is 1. The molecule has 2 aromatic carbocycles. The second-order valence-corrected chi connectivity index (χ2v) is 5.97. The quantitative estimate of drug-likeness (QED) is 0.615. The summed E-state index contributed by atoms with van der Waals surface area (Å²) >= 11 is 0. The SMILES string of the molecule is CCCC(=O)Nc1ccc(CNC(=O)CCc2ccccc2N)cc1.Cl. The second-order valence-electron chi connectivity index (χ2n) is 5.97. The van der Waals surface area contributed by atoms with Gasteiger partial charge in [-0.05, 0) is 42.2 Å². The third-order valence-corrected chi connectivity index (χ3v) is 3.88. The van der Waals surface area contributed by atoms with Gasteiger partial charge in [0.2, 0.25) is 11.8 Å². The first-order valence-corrected chi connectivity index (χ1v) is 8.57. The van der Waals surface area contributed by atoms with Crippen LogP contribution < -0.4 is 16.4 Å². The zero-order valence-electron chi connectivity index (χ0n) is 15.0. The first-order chi connectivity index (χ1) is 12.1. The highest BCUT2D eigenvalue weighted by Gasteiger charge is 2.05. The van der Waals surface area contributed by atoms with Crippen LogP contribution in [0.3, 0.4) is 0 Å². The van der Waals surface area contributed by atoms with Gasteiger partial charge in [-0.15, -0.1) is 12.4 Å². The Labute approximate surface area is 160 Å². The van der Waals surface area contributed by atoms with Crippen molar-refractivity contribution in [2.75, 3.05) is 11.1 Å². The molecule has 0 spiro atoms. The summed E-state index contributed by atoms with van der Waals surface area (Å²) < 4.78 is 0. The van der Waals surface area contributed by atoms with Crippen LogP contribution in [0.1, 0.15) is 37.3 Å². The smallest absolute Gasteiger partial charge is 0.224 e. The van der Waals surface area contributed by atoms with E-state index in [0.29, 0.717) is 25.8 Å². The number of hydrogen-bond donors (Lipinski definition) is 3. The van der Waals surface area contributed by atoms with Crippen molar-refractivity contribution in [3.05, 3.63) is 59.7 Å². The lowest BCUT2D eigenvalue weighted by molar-refractivity contribution is -0.121. The summed E-state index contributed by atoms with van der Waals surface area (Å²) in [6, 6.07) is 15.1. The average Bonchev–Trinajstić information content (AvgIpc) is 2.60. The molecule has 6 heteroatoms. The third kappa shape index (κ3) is 7.15. The number of hydrogen-bond acceptors (Lipinski definition) is 3. The molecule has 0 aromatic heterocycles. The highest BCUT2D eigenvalue weighted by Crippen LogP contribution is 2.13. The maximum absolute atomic E-state index is 12.0. The summed E-state index contributed by atoms with van der Waals surface area (Å²) in [4.78, 5) is 23.5. The number of para-hydroxylation sites is 1. The predicted octanol–water partition coefficient (Wildman–Crippen LogP) is 3.68. The number of anilines is 2. The minimum absolute atomic E-state index is 0. The summed E-state index contributed by atoms with van der Waals surface area (Å²) in [7, 11) is 0. The summed E-state index contributed by atoms with van der Waals surface area (Å²) in [5, 5.41) is 5.74. The van der Waals surface area contributed by atoms with Crippen molar-refractivity contribution < 1.29 is 9.59 Å². The third-order valence-electron chi connectivity index (χ3n) is 3.88. The summed E-state index contributed by atoms with van der Waals surface area (Å²) in [6.07, 6.45) is 2.37. The lowest BCUT2D eigenvalue weighted by Crippen LogP contribution is -2.23. The maximum atomic E-state index is 12.0. The normalized spacial score (nSPS) is 9.88. The highest BCUT2D eigenvalue weighted by molar-refractivity contribution is 5.90. The zero-order valence-corrected chi connectivity index (χ0v) is 15.8. The molecule has 140 valence electrons. The number of carbonyl (C=O) groups excluding carboxylic acids is 2. The van der Waals surface area contributed by atoms with Gasteiger partial charge in [0.15, 0.2) is 0 Å². The minimum atomic E-state index is -0.0106. The second kappa shape index (κ2) is 11.2. The van der Waals surface area contributed by atoms with E-state index in [-0.39, 0.29) is 24.2 Å². The molecule has 2 aromatic rings. The van der Waals surface area contributed by atoms with E-state index in [1.165, 1.54) is 0 Å². The van der Waals surface area contributed by atoms with Gasteiger partial charge in [-0.3, -0.25) is 9.59 Å². The molecular formula is C20H26ClN3O2. The fraction of sp³-hybridized carbons (Fsp3) is 0.300. The molecule has 4 N–H and O–H groups in total. The fourth-order valence-electron chi connectivity index (χ4n) is 2.46. The van der Waals surface area contributed by atoms with E-state index in [0.717, 1.165) is 28.9 Å². The molecule has 26 heavy (non-hydrogen) atoms. The van der Waals surface area contributed by atoms with Gasteiger partial charge in [0, 0.05) is 30.8 Å². The van der Waals surface area contributed by atoms with Crippen molar-refractivity contribution in [2.45, 2.75) is 39.2 Å². The van der Waals surface area contributed by atoms with Crippen molar-refractivity contribution >= 4 is 35.6 Å². The van der Waals surface area contributed by atoms with Crippen LogP contribution in [0.25, 0.3) is 0 Å². The monoisotopic (exact) mass is 375 g/mol. The van der Waals surface area contributed by atoms with Gasteiger partial charge in [0.25, 0.3) is 0 Å². The Kier molecular flexibility index (Phi) is 9.23.